The number of phenolic OH excluding ortho intramolecular Hbond substituents is 1. The molecule has 9 nitrogen and oxygen atoms in total. The van der Waals surface area contributed by atoms with Gasteiger partial charge in [-0.3, -0.25) is 9.59 Å². The van der Waals surface area contributed by atoms with Crippen molar-refractivity contribution in [3.05, 3.63) is 29.8 Å². The fourth-order valence-corrected chi connectivity index (χ4v) is 1.54. The van der Waals surface area contributed by atoms with Crippen LogP contribution in [0, 0.1) is 0 Å². The Balaban J connectivity index is 0.00000484. The number of para-hydroxylation sites is 1. The Morgan fingerprint density at radius 3 is 2.09 bits per heavy atom. The van der Waals surface area contributed by atoms with Crippen molar-refractivity contribution < 1.29 is 44.3 Å². The van der Waals surface area contributed by atoms with E-state index in [0.29, 0.717) is 0 Å². The molecule has 1 aromatic rings. The van der Waals surface area contributed by atoms with Crippen LogP contribution in [-0.2, 0) is 19.1 Å². The Bertz CT molecular complexity index is 628. The Kier molecular flexibility index (Phi) is 7.90. The molecular weight excluding hydrogens is 323 g/mol. The number of rotatable bonds is 6. The monoisotopic (exact) mass is 336 g/mol. The standard InChI is InChI=1S/C13H12O9.Na.H/c14-8-4-2-1-3-7(8)11(18)22-10(17)6-13(21,12(19)20)5-9(15)16;;/h1-4,14,21H,5-6H2,(H,15,16)(H,19,20);;. The summed E-state index contributed by atoms with van der Waals surface area (Å²) in [6.07, 6.45) is -2.49. The van der Waals surface area contributed by atoms with Gasteiger partial charge in [-0.2, -0.15) is 0 Å². The molecule has 0 fully saturated rings. The molecule has 10 heteroatoms. The maximum atomic E-state index is 11.6. The summed E-state index contributed by atoms with van der Waals surface area (Å²) in [6.45, 7) is 0. The van der Waals surface area contributed by atoms with E-state index in [-0.39, 0.29) is 35.1 Å². The van der Waals surface area contributed by atoms with Crippen LogP contribution in [0.2, 0.25) is 0 Å². The Labute approximate surface area is 151 Å². The average Bonchev–Trinajstić information content (AvgIpc) is 2.37. The van der Waals surface area contributed by atoms with Gasteiger partial charge in [-0.05, 0) is 12.1 Å². The topological polar surface area (TPSA) is 158 Å². The van der Waals surface area contributed by atoms with E-state index in [1.165, 1.54) is 18.2 Å². The zero-order chi connectivity index (χ0) is 16.9. The molecule has 0 heterocycles. The predicted octanol–water partition coefficient (Wildman–Crippen LogP) is -0.892. The molecule has 120 valence electrons. The predicted molar refractivity (Wildman–Crippen MR) is 75.1 cm³/mol. The first-order valence-electron chi connectivity index (χ1n) is 5.86. The van der Waals surface area contributed by atoms with Crippen molar-refractivity contribution in [1.29, 1.82) is 0 Å². The number of hydrogen-bond donors (Lipinski definition) is 4. The minimum absolute atomic E-state index is 0. The molecule has 0 saturated heterocycles. The summed E-state index contributed by atoms with van der Waals surface area (Å²) in [5.74, 6) is -6.75. The number of carbonyl (C=O) groups is 4. The summed E-state index contributed by atoms with van der Waals surface area (Å²) in [7, 11) is 0. The summed E-state index contributed by atoms with van der Waals surface area (Å²) in [5.41, 5.74) is -3.24. The number of ether oxygens (including phenoxy) is 1. The van der Waals surface area contributed by atoms with Gasteiger partial charge in [0.05, 0.1) is 12.8 Å². The molecule has 0 amide bonds. The third kappa shape index (κ3) is 5.99. The number of esters is 2. The van der Waals surface area contributed by atoms with Crippen LogP contribution >= 0.6 is 0 Å². The zero-order valence-corrected chi connectivity index (χ0v) is 11.1. The van der Waals surface area contributed by atoms with Crippen LogP contribution in [0.25, 0.3) is 0 Å². The second kappa shape index (κ2) is 8.63. The van der Waals surface area contributed by atoms with Gasteiger partial charge in [0.1, 0.15) is 11.3 Å². The second-order valence-electron chi connectivity index (χ2n) is 4.36. The number of aliphatic hydroxyl groups is 1. The summed E-state index contributed by atoms with van der Waals surface area (Å²) < 4.78 is 4.29. The zero-order valence-electron chi connectivity index (χ0n) is 11.1. The normalized spacial score (nSPS) is 12.4. The van der Waals surface area contributed by atoms with Crippen molar-refractivity contribution in [2.24, 2.45) is 0 Å². The van der Waals surface area contributed by atoms with E-state index in [9.17, 15) is 29.4 Å². The third-order valence-electron chi connectivity index (χ3n) is 2.61. The van der Waals surface area contributed by atoms with Crippen LogP contribution in [0.4, 0.5) is 0 Å². The number of benzene rings is 1. The van der Waals surface area contributed by atoms with Crippen LogP contribution in [0.1, 0.15) is 23.2 Å². The van der Waals surface area contributed by atoms with E-state index in [1.54, 1.807) is 0 Å². The molecule has 1 atom stereocenters. The van der Waals surface area contributed by atoms with E-state index in [4.69, 9.17) is 10.2 Å². The van der Waals surface area contributed by atoms with Crippen molar-refractivity contribution in [2.45, 2.75) is 18.4 Å². The van der Waals surface area contributed by atoms with Crippen LogP contribution in [0.15, 0.2) is 24.3 Å². The van der Waals surface area contributed by atoms with E-state index in [2.05, 4.69) is 4.74 Å². The number of phenols is 1. The molecule has 23 heavy (non-hydrogen) atoms. The van der Waals surface area contributed by atoms with E-state index < -0.39 is 48.1 Å². The number of aromatic hydroxyl groups is 1. The molecule has 0 radical (unpaired) electrons. The molecule has 1 unspecified atom stereocenters. The molecule has 0 bridgehead atoms. The quantitative estimate of drug-likeness (QED) is 0.293. The molecule has 0 aliphatic carbocycles. The van der Waals surface area contributed by atoms with Gasteiger partial charge in [-0.25, -0.2) is 9.59 Å². The minimum atomic E-state index is -2.90. The van der Waals surface area contributed by atoms with E-state index >= 15 is 0 Å². The summed E-state index contributed by atoms with van der Waals surface area (Å²) >= 11 is 0. The SMILES string of the molecule is O=C(O)CC(O)(CC(=O)OC(=O)c1ccccc1O)C(=O)O.[NaH]. The molecule has 4 N–H and O–H groups in total. The van der Waals surface area contributed by atoms with Gasteiger partial charge < -0.3 is 25.2 Å². The number of carboxylic acid groups (broad SMARTS) is 2. The molecule has 0 aliphatic heterocycles. The van der Waals surface area contributed by atoms with Crippen molar-refractivity contribution in [3.8, 4) is 5.75 Å². The number of carboxylic acids is 2. The first-order valence-corrected chi connectivity index (χ1v) is 5.86. The van der Waals surface area contributed by atoms with Gasteiger partial charge in [0, 0.05) is 0 Å². The Morgan fingerprint density at radius 1 is 1.04 bits per heavy atom. The fraction of sp³-hybridized carbons (Fsp3) is 0.231. The summed E-state index contributed by atoms with van der Waals surface area (Å²) in [4.78, 5) is 44.5. The maximum absolute atomic E-state index is 11.6. The van der Waals surface area contributed by atoms with Crippen LogP contribution in [0.3, 0.4) is 0 Å². The first kappa shape index (κ1) is 21.1. The molecule has 1 aromatic carbocycles. The molecule has 0 saturated carbocycles. The van der Waals surface area contributed by atoms with Gasteiger partial charge in [0.25, 0.3) is 0 Å². The van der Waals surface area contributed by atoms with Gasteiger partial charge in [0.15, 0.2) is 5.60 Å². The summed E-state index contributed by atoms with van der Waals surface area (Å²) in [6, 6.07) is 5.13. The van der Waals surface area contributed by atoms with Crippen molar-refractivity contribution >= 4 is 53.4 Å². The van der Waals surface area contributed by atoms with E-state index in [0.717, 1.165) is 6.07 Å². The molecule has 0 aliphatic rings. The molecular formula is C13H13NaO9. The molecule has 1 rings (SSSR count). The van der Waals surface area contributed by atoms with Crippen molar-refractivity contribution in [3.63, 3.8) is 0 Å². The van der Waals surface area contributed by atoms with E-state index in [1.807, 2.05) is 0 Å². The van der Waals surface area contributed by atoms with Crippen molar-refractivity contribution in [1.82, 2.24) is 0 Å². The molecule has 0 aromatic heterocycles. The number of hydrogen-bond acceptors (Lipinski definition) is 7. The second-order valence-corrected chi connectivity index (χ2v) is 4.36. The Morgan fingerprint density at radius 2 is 1.61 bits per heavy atom. The summed E-state index contributed by atoms with van der Waals surface area (Å²) in [5, 5.41) is 36.3. The number of aliphatic carboxylic acids is 2. The van der Waals surface area contributed by atoms with Crippen LogP contribution in [-0.4, -0.2) is 79.5 Å². The van der Waals surface area contributed by atoms with Gasteiger partial charge in [-0.1, -0.05) is 12.1 Å². The van der Waals surface area contributed by atoms with Gasteiger partial charge in [0.2, 0.25) is 0 Å². The first-order chi connectivity index (χ1) is 10.2. The van der Waals surface area contributed by atoms with Crippen LogP contribution < -0.4 is 0 Å². The fourth-order valence-electron chi connectivity index (χ4n) is 1.54. The molecule has 0 spiro atoms. The van der Waals surface area contributed by atoms with Gasteiger partial charge in [-0.15, -0.1) is 0 Å². The number of carbonyl (C=O) groups excluding carboxylic acids is 2. The third-order valence-corrected chi connectivity index (χ3v) is 2.61. The van der Waals surface area contributed by atoms with Crippen LogP contribution in [0.5, 0.6) is 5.75 Å². The van der Waals surface area contributed by atoms with Crippen molar-refractivity contribution in [2.75, 3.05) is 0 Å². The Hall–Kier alpha value is -1.94. The van der Waals surface area contributed by atoms with Gasteiger partial charge >= 0.3 is 53.4 Å². The average molecular weight is 336 g/mol.